The van der Waals surface area contributed by atoms with E-state index in [1.165, 1.54) is 0 Å². The lowest BCUT2D eigenvalue weighted by molar-refractivity contribution is -0.116. The standard InChI is InChI=1S/C16H32NO3Si/c1-9-13-12-15(4,5)17(8)16(6,7)14(13)20-21(18-10-2)19-11-3/h9,13-14H,1,10-12H2,2-8H3. The van der Waals surface area contributed by atoms with E-state index in [9.17, 15) is 0 Å². The third kappa shape index (κ3) is 4.17. The van der Waals surface area contributed by atoms with Crippen LogP contribution in [0.1, 0.15) is 48.0 Å². The lowest BCUT2D eigenvalue weighted by atomic mass is 9.72. The van der Waals surface area contributed by atoms with E-state index in [2.05, 4.69) is 46.2 Å². The molecular formula is C16H32NO3Si. The van der Waals surface area contributed by atoms with Crippen LogP contribution >= 0.6 is 0 Å². The Kier molecular flexibility index (Phi) is 6.62. The summed E-state index contributed by atoms with van der Waals surface area (Å²) in [6.45, 7) is 18.2. The average Bonchev–Trinajstić information content (AvgIpc) is 2.40. The van der Waals surface area contributed by atoms with Crippen LogP contribution in [0.4, 0.5) is 0 Å². The van der Waals surface area contributed by atoms with E-state index in [0.29, 0.717) is 19.1 Å². The van der Waals surface area contributed by atoms with Gasteiger partial charge in [-0.15, -0.1) is 6.58 Å². The summed E-state index contributed by atoms with van der Waals surface area (Å²) in [4.78, 5) is 2.40. The third-order valence-electron chi connectivity index (χ3n) is 4.64. The van der Waals surface area contributed by atoms with Crippen LogP contribution in [0.25, 0.3) is 0 Å². The summed E-state index contributed by atoms with van der Waals surface area (Å²) >= 11 is 0. The summed E-state index contributed by atoms with van der Waals surface area (Å²) in [5.74, 6) is 0.298. The molecule has 0 spiro atoms. The van der Waals surface area contributed by atoms with Gasteiger partial charge >= 0.3 is 9.53 Å². The van der Waals surface area contributed by atoms with Crippen LogP contribution in [0.2, 0.25) is 0 Å². The molecule has 2 unspecified atom stereocenters. The van der Waals surface area contributed by atoms with Crippen LogP contribution < -0.4 is 0 Å². The molecule has 0 aromatic heterocycles. The Morgan fingerprint density at radius 2 is 1.71 bits per heavy atom. The Balaban J connectivity index is 2.97. The second kappa shape index (κ2) is 7.37. The van der Waals surface area contributed by atoms with Crippen molar-refractivity contribution in [3.63, 3.8) is 0 Å². The van der Waals surface area contributed by atoms with Crippen molar-refractivity contribution in [2.24, 2.45) is 5.92 Å². The molecule has 5 heteroatoms. The van der Waals surface area contributed by atoms with Crippen LogP contribution in [-0.2, 0) is 13.3 Å². The maximum atomic E-state index is 6.30. The molecule has 0 saturated carbocycles. The lowest BCUT2D eigenvalue weighted by Crippen LogP contribution is -2.67. The quantitative estimate of drug-likeness (QED) is 0.534. The predicted octanol–water partition coefficient (Wildman–Crippen LogP) is 3.12. The van der Waals surface area contributed by atoms with Crippen molar-refractivity contribution >= 4 is 9.53 Å². The van der Waals surface area contributed by atoms with Gasteiger partial charge in [-0.1, -0.05) is 6.08 Å². The van der Waals surface area contributed by atoms with Crippen molar-refractivity contribution in [2.75, 3.05) is 20.3 Å². The fourth-order valence-corrected chi connectivity index (χ4v) is 4.56. The van der Waals surface area contributed by atoms with E-state index in [0.717, 1.165) is 6.42 Å². The second-order valence-corrected chi connectivity index (χ2v) is 8.10. The molecule has 1 fully saturated rings. The highest BCUT2D eigenvalue weighted by Gasteiger charge is 2.51. The largest absolute Gasteiger partial charge is 0.578 e. The van der Waals surface area contributed by atoms with Crippen molar-refractivity contribution in [1.82, 2.24) is 4.90 Å². The Hall–Kier alpha value is -0.203. The fourth-order valence-electron chi connectivity index (χ4n) is 3.20. The molecule has 0 aromatic rings. The summed E-state index contributed by atoms with van der Waals surface area (Å²) in [6, 6.07) is 0. The van der Waals surface area contributed by atoms with E-state index in [1.807, 2.05) is 19.9 Å². The minimum atomic E-state index is -1.69. The van der Waals surface area contributed by atoms with Crippen LogP contribution in [0, 0.1) is 5.92 Å². The van der Waals surface area contributed by atoms with Crippen molar-refractivity contribution in [3.8, 4) is 0 Å². The number of likely N-dealkylation sites (tertiary alicyclic amines) is 1. The van der Waals surface area contributed by atoms with Crippen LogP contribution in [0.5, 0.6) is 0 Å². The monoisotopic (exact) mass is 314 g/mol. The second-order valence-electron chi connectivity index (χ2n) is 6.78. The van der Waals surface area contributed by atoms with Gasteiger partial charge in [-0.3, -0.25) is 4.90 Å². The number of likely N-dealkylation sites (N-methyl/N-ethyl adjacent to an activating group) is 1. The van der Waals surface area contributed by atoms with Gasteiger partial charge in [0.1, 0.15) is 0 Å². The maximum absolute atomic E-state index is 6.30. The Bertz CT molecular complexity index is 340. The van der Waals surface area contributed by atoms with Gasteiger partial charge in [0.2, 0.25) is 0 Å². The van der Waals surface area contributed by atoms with Crippen molar-refractivity contribution in [3.05, 3.63) is 12.7 Å². The van der Waals surface area contributed by atoms with E-state index < -0.39 is 9.53 Å². The Morgan fingerprint density at radius 1 is 1.19 bits per heavy atom. The molecule has 1 rings (SSSR count). The zero-order valence-electron chi connectivity index (χ0n) is 14.7. The molecule has 1 radical (unpaired) electrons. The smallest absolute Gasteiger partial charge is 0.371 e. The molecule has 0 bridgehead atoms. The first-order valence-electron chi connectivity index (χ1n) is 7.86. The average molecular weight is 315 g/mol. The molecule has 123 valence electrons. The third-order valence-corrected chi connectivity index (χ3v) is 6.14. The van der Waals surface area contributed by atoms with Crippen molar-refractivity contribution in [1.29, 1.82) is 0 Å². The van der Waals surface area contributed by atoms with Crippen molar-refractivity contribution in [2.45, 2.75) is 65.1 Å². The summed E-state index contributed by atoms with van der Waals surface area (Å²) in [5, 5.41) is 0. The first-order valence-corrected chi connectivity index (χ1v) is 9.08. The molecular weight excluding hydrogens is 282 g/mol. The highest BCUT2D eigenvalue weighted by atomic mass is 28.3. The number of hydrogen-bond donors (Lipinski definition) is 0. The zero-order valence-corrected chi connectivity index (χ0v) is 15.7. The van der Waals surface area contributed by atoms with Gasteiger partial charge in [0, 0.05) is 30.2 Å². The molecule has 1 aliphatic heterocycles. The molecule has 1 aliphatic rings. The van der Waals surface area contributed by atoms with Gasteiger partial charge in [-0.25, -0.2) is 0 Å². The van der Waals surface area contributed by atoms with E-state index >= 15 is 0 Å². The number of nitrogens with zero attached hydrogens (tertiary/aromatic N) is 1. The minimum absolute atomic E-state index is 0.0278. The molecule has 0 N–H and O–H groups in total. The molecule has 0 aromatic carbocycles. The van der Waals surface area contributed by atoms with Crippen LogP contribution in [0.15, 0.2) is 12.7 Å². The summed E-state index contributed by atoms with van der Waals surface area (Å²) in [5.41, 5.74) is 0.0110. The van der Waals surface area contributed by atoms with E-state index in [1.54, 1.807) is 0 Å². The highest BCUT2D eigenvalue weighted by molar-refractivity contribution is 6.36. The fraction of sp³-hybridized carbons (Fsp3) is 0.875. The summed E-state index contributed by atoms with van der Waals surface area (Å²) < 4.78 is 17.6. The number of hydrogen-bond acceptors (Lipinski definition) is 4. The van der Waals surface area contributed by atoms with E-state index in [-0.39, 0.29) is 17.2 Å². The van der Waals surface area contributed by atoms with Gasteiger partial charge in [0.05, 0.1) is 6.10 Å². The SMILES string of the molecule is C=CC1CC(C)(C)N(C)C(C)(C)C1O[Si](OCC)OCC. The number of piperidine rings is 1. The van der Waals surface area contributed by atoms with Crippen LogP contribution in [-0.4, -0.2) is 51.9 Å². The minimum Gasteiger partial charge on any atom is -0.371 e. The molecule has 4 nitrogen and oxygen atoms in total. The molecule has 1 heterocycles. The van der Waals surface area contributed by atoms with E-state index in [4.69, 9.17) is 13.3 Å². The zero-order chi connectivity index (χ0) is 16.3. The molecule has 2 atom stereocenters. The predicted molar refractivity (Wildman–Crippen MR) is 88.1 cm³/mol. The topological polar surface area (TPSA) is 30.9 Å². The molecule has 0 aliphatic carbocycles. The molecule has 0 amide bonds. The summed E-state index contributed by atoms with van der Waals surface area (Å²) in [7, 11) is 0.478. The van der Waals surface area contributed by atoms with Gasteiger partial charge < -0.3 is 13.3 Å². The molecule has 21 heavy (non-hydrogen) atoms. The maximum Gasteiger partial charge on any atom is 0.578 e. The summed E-state index contributed by atoms with van der Waals surface area (Å²) in [6.07, 6.45) is 3.08. The van der Waals surface area contributed by atoms with Crippen molar-refractivity contribution < 1.29 is 13.3 Å². The van der Waals surface area contributed by atoms with Gasteiger partial charge in [0.25, 0.3) is 0 Å². The number of rotatable bonds is 7. The Morgan fingerprint density at radius 3 is 2.14 bits per heavy atom. The lowest BCUT2D eigenvalue weighted by Gasteiger charge is -2.57. The normalized spacial score (nSPS) is 28.8. The first kappa shape index (κ1) is 18.8. The Labute approximate surface area is 132 Å². The first-order chi connectivity index (χ1) is 9.70. The van der Waals surface area contributed by atoms with Crippen LogP contribution in [0.3, 0.4) is 0 Å². The van der Waals surface area contributed by atoms with Gasteiger partial charge in [0.15, 0.2) is 0 Å². The van der Waals surface area contributed by atoms with Gasteiger partial charge in [-0.05, 0) is 55.0 Å². The van der Waals surface area contributed by atoms with Gasteiger partial charge in [-0.2, -0.15) is 0 Å². The highest BCUT2D eigenvalue weighted by Crippen LogP contribution is 2.42. The molecule has 1 saturated heterocycles.